The largest absolute Gasteiger partial charge is 0.232 e. The average Bonchev–Trinajstić information content (AvgIpc) is 2.68. The minimum absolute atomic E-state index is 0.317. The predicted molar refractivity (Wildman–Crippen MR) is 104 cm³/mol. The first-order valence-corrected chi connectivity index (χ1v) is 8.65. The zero-order valence-corrected chi connectivity index (χ0v) is 14.5. The first-order chi connectivity index (χ1) is 12.2. The highest BCUT2D eigenvalue weighted by Crippen LogP contribution is 2.34. The summed E-state index contributed by atoms with van der Waals surface area (Å²) >= 11 is 0. The molecule has 122 valence electrons. The highest BCUT2D eigenvalue weighted by Gasteiger charge is 2.15. The van der Waals surface area contributed by atoms with Gasteiger partial charge in [0, 0.05) is 10.9 Å². The summed E-state index contributed by atoms with van der Waals surface area (Å²) in [7, 11) is 0. The fourth-order valence-electron chi connectivity index (χ4n) is 3.20. The van der Waals surface area contributed by atoms with Crippen molar-refractivity contribution in [1.82, 2.24) is 9.97 Å². The van der Waals surface area contributed by atoms with Crippen molar-refractivity contribution in [2.75, 3.05) is 0 Å². The molecule has 0 N–H and O–H groups in total. The van der Waals surface area contributed by atoms with Crippen molar-refractivity contribution in [2.45, 2.75) is 19.8 Å². The van der Waals surface area contributed by atoms with Gasteiger partial charge in [-0.1, -0.05) is 86.6 Å². The van der Waals surface area contributed by atoms with E-state index in [0.29, 0.717) is 5.92 Å². The highest BCUT2D eigenvalue weighted by atomic mass is 14.9. The molecule has 25 heavy (non-hydrogen) atoms. The van der Waals surface area contributed by atoms with Gasteiger partial charge in [-0.25, -0.2) is 9.97 Å². The van der Waals surface area contributed by atoms with Gasteiger partial charge in [-0.3, -0.25) is 0 Å². The van der Waals surface area contributed by atoms with Gasteiger partial charge in [0.15, 0.2) is 5.82 Å². The number of benzene rings is 3. The van der Waals surface area contributed by atoms with Gasteiger partial charge in [-0.15, -0.1) is 0 Å². The van der Waals surface area contributed by atoms with Crippen molar-refractivity contribution in [3.8, 4) is 22.5 Å². The molecule has 4 rings (SSSR count). The quantitative estimate of drug-likeness (QED) is 0.456. The molecule has 1 heterocycles. The third-order valence-corrected chi connectivity index (χ3v) is 4.41. The monoisotopic (exact) mass is 324 g/mol. The standard InChI is InChI=1S/C23H20N2/c1-16(2)22-21-19(17-10-5-3-6-11-17)14-9-15-20(21)24-23(25-22)18-12-7-4-8-13-18/h3-16H,1-2H3. The smallest absolute Gasteiger partial charge is 0.160 e. The maximum absolute atomic E-state index is 4.95. The van der Waals surface area contributed by atoms with Crippen molar-refractivity contribution in [2.24, 2.45) is 0 Å². The summed E-state index contributed by atoms with van der Waals surface area (Å²) in [6.45, 7) is 4.39. The van der Waals surface area contributed by atoms with Crippen molar-refractivity contribution in [1.29, 1.82) is 0 Å². The summed E-state index contributed by atoms with van der Waals surface area (Å²) in [5.41, 5.74) is 5.55. The minimum Gasteiger partial charge on any atom is -0.232 e. The van der Waals surface area contributed by atoms with Crippen LogP contribution >= 0.6 is 0 Å². The molecule has 2 nitrogen and oxygen atoms in total. The predicted octanol–water partition coefficient (Wildman–Crippen LogP) is 6.09. The molecular weight excluding hydrogens is 304 g/mol. The molecule has 0 aliphatic carbocycles. The van der Waals surface area contributed by atoms with Crippen LogP contribution < -0.4 is 0 Å². The van der Waals surface area contributed by atoms with E-state index in [1.165, 1.54) is 11.1 Å². The number of aromatic nitrogens is 2. The van der Waals surface area contributed by atoms with Crippen LogP contribution in [0.5, 0.6) is 0 Å². The summed E-state index contributed by atoms with van der Waals surface area (Å²) < 4.78 is 0. The molecule has 0 unspecified atom stereocenters. The fraction of sp³-hybridized carbons (Fsp3) is 0.130. The zero-order chi connectivity index (χ0) is 17.2. The lowest BCUT2D eigenvalue weighted by atomic mass is 9.95. The lowest BCUT2D eigenvalue weighted by Crippen LogP contribution is -2.01. The Balaban J connectivity index is 2.02. The van der Waals surface area contributed by atoms with Crippen LogP contribution in [0.15, 0.2) is 78.9 Å². The van der Waals surface area contributed by atoms with Crippen molar-refractivity contribution in [3.63, 3.8) is 0 Å². The molecule has 0 saturated heterocycles. The average molecular weight is 324 g/mol. The number of fused-ring (bicyclic) bond motifs is 1. The van der Waals surface area contributed by atoms with Crippen LogP contribution in [0.2, 0.25) is 0 Å². The molecular formula is C23H20N2. The molecule has 0 saturated carbocycles. The van der Waals surface area contributed by atoms with Crippen molar-refractivity contribution in [3.05, 3.63) is 84.6 Å². The van der Waals surface area contributed by atoms with Crippen LogP contribution in [-0.2, 0) is 0 Å². The van der Waals surface area contributed by atoms with Crippen LogP contribution in [0, 0.1) is 0 Å². The number of rotatable bonds is 3. The van der Waals surface area contributed by atoms with Gasteiger partial charge < -0.3 is 0 Å². The van der Waals surface area contributed by atoms with E-state index >= 15 is 0 Å². The lowest BCUT2D eigenvalue weighted by Gasteiger charge is -2.15. The van der Waals surface area contributed by atoms with E-state index in [1.54, 1.807) is 0 Å². The second kappa shape index (κ2) is 6.48. The van der Waals surface area contributed by atoms with E-state index in [9.17, 15) is 0 Å². The van der Waals surface area contributed by atoms with E-state index < -0.39 is 0 Å². The third kappa shape index (κ3) is 2.91. The van der Waals surface area contributed by atoms with E-state index in [2.05, 4.69) is 68.4 Å². The summed E-state index contributed by atoms with van der Waals surface area (Å²) in [6, 6.07) is 27.0. The second-order valence-electron chi connectivity index (χ2n) is 6.52. The van der Waals surface area contributed by atoms with Gasteiger partial charge in [0.25, 0.3) is 0 Å². The van der Waals surface area contributed by atoms with Gasteiger partial charge in [-0.2, -0.15) is 0 Å². The third-order valence-electron chi connectivity index (χ3n) is 4.41. The Hall–Kier alpha value is -3.00. The van der Waals surface area contributed by atoms with E-state index in [0.717, 1.165) is 28.0 Å². The van der Waals surface area contributed by atoms with Crippen LogP contribution in [0.25, 0.3) is 33.4 Å². The highest BCUT2D eigenvalue weighted by molar-refractivity contribution is 5.97. The molecule has 0 spiro atoms. The lowest BCUT2D eigenvalue weighted by molar-refractivity contribution is 0.831. The molecule has 0 amide bonds. The number of hydrogen-bond donors (Lipinski definition) is 0. The fourth-order valence-corrected chi connectivity index (χ4v) is 3.20. The minimum atomic E-state index is 0.317. The first-order valence-electron chi connectivity index (χ1n) is 8.65. The van der Waals surface area contributed by atoms with Crippen LogP contribution in [0.3, 0.4) is 0 Å². The molecule has 2 heteroatoms. The summed E-state index contributed by atoms with van der Waals surface area (Å²) in [5, 5.41) is 1.16. The molecule has 0 fully saturated rings. The van der Waals surface area contributed by atoms with Gasteiger partial charge in [0.05, 0.1) is 11.2 Å². The first kappa shape index (κ1) is 15.5. The van der Waals surface area contributed by atoms with Crippen LogP contribution in [-0.4, -0.2) is 9.97 Å². The summed E-state index contributed by atoms with van der Waals surface area (Å²) in [5.74, 6) is 1.11. The van der Waals surface area contributed by atoms with E-state index in [4.69, 9.17) is 9.97 Å². The van der Waals surface area contributed by atoms with E-state index in [1.807, 2.05) is 24.3 Å². The molecule has 0 radical (unpaired) electrons. The molecule has 4 aromatic rings. The Morgan fingerprint density at radius 3 is 1.92 bits per heavy atom. The molecule has 0 bridgehead atoms. The Morgan fingerprint density at radius 1 is 0.640 bits per heavy atom. The number of nitrogens with zero attached hydrogens (tertiary/aromatic N) is 2. The van der Waals surface area contributed by atoms with Gasteiger partial charge in [0.2, 0.25) is 0 Å². The Morgan fingerprint density at radius 2 is 1.28 bits per heavy atom. The van der Waals surface area contributed by atoms with E-state index in [-0.39, 0.29) is 0 Å². The summed E-state index contributed by atoms with van der Waals surface area (Å²) in [6.07, 6.45) is 0. The van der Waals surface area contributed by atoms with Crippen LogP contribution in [0.1, 0.15) is 25.5 Å². The molecule has 1 aromatic heterocycles. The Kier molecular flexibility index (Phi) is 4.02. The molecule has 0 atom stereocenters. The van der Waals surface area contributed by atoms with Crippen LogP contribution in [0.4, 0.5) is 0 Å². The molecule has 0 aliphatic rings. The SMILES string of the molecule is CC(C)c1nc(-c2ccccc2)nc2cccc(-c3ccccc3)c12. The molecule has 0 aliphatic heterocycles. The maximum Gasteiger partial charge on any atom is 0.160 e. The normalized spacial score (nSPS) is 11.2. The van der Waals surface area contributed by atoms with Gasteiger partial charge in [-0.05, 0) is 23.1 Å². The topological polar surface area (TPSA) is 25.8 Å². The summed E-state index contributed by atoms with van der Waals surface area (Å²) in [4.78, 5) is 9.81. The number of hydrogen-bond acceptors (Lipinski definition) is 2. The zero-order valence-electron chi connectivity index (χ0n) is 14.5. The van der Waals surface area contributed by atoms with Crippen molar-refractivity contribution >= 4 is 10.9 Å². The van der Waals surface area contributed by atoms with Gasteiger partial charge >= 0.3 is 0 Å². The van der Waals surface area contributed by atoms with Crippen molar-refractivity contribution < 1.29 is 0 Å². The van der Waals surface area contributed by atoms with Gasteiger partial charge in [0.1, 0.15) is 0 Å². The maximum atomic E-state index is 4.95. The second-order valence-corrected chi connectivity index (χ2v) is 6.52. The Labute approximate surface area is 148 Å². The molecule has 3 aromatic carbocycles. The Bertz CT molecular complexity index is 1010.